The van der Waals surface area contributed by atoms with E-state index in [4.69, 9.17) is 4.74 Å². The predicted octanol–water partition coefficient (Wildman–Crippen LogP) is 3.56. The van der Waals surface area contributed by atoms with Crippen molar-refractivity contribution in [3.63, 3.8) is 0 Å². The molecule has 30 heavy (non-hydrogen) atoms. The second-order valence-electron chi connectivity index (χ2n) is 7.95. The summed E-state index contributed by atoms with van der Waals surface area (Å²) in [5, 5.41) is 19.2. The summed E-state index contributed by atoms with van der Waals surface area (Å²) in [5.74, 6) is 0.546. The molecule has 4 aromatic rings. The molecular formula is C22H23N7O. The van der Waals surface area contributed by atoms with Crippen LogP contribution in [0.25, 0.3) is 33.1 Å². The summed E-state index contributed by atoms with van der Waals surface area (Å²) in [5.41, 5.74) is 3.84. The summed E-state index contributed by atoms with van der Waals surface area (Å²) in [7, 11) is 0. The number of pyridine rings is 2. The molecule has 0 spiro atoms. The number of nitrogens with zero attached hydrogens (tertiary/aromatic N) is 5. The first-order chi connectivity index (χ1) is 14.6. The Balaban J connectivity index is 1.66. The number of rotatable bonds is 4. The van der Waals surface area contributed by atoms with Gasteiger partial charge < -0.3 is 15.0 Å². The summed E-state index contributed by atoms with van der Waals surface area (Å²) < 4.78 is 8.28. The van der Waals surface area contributed by atoms with Gasteiger partial charge in [-0.05, 0) is 45.8 Å². The SMILES string of the molecule is CC(C)n1cc(-c2cnc3[nH]c4cnc(C#N)c(OC5CCNCC5)c4c3c2)cn1. The molecular weight excluding hydrogens is 378 g/mol. The zero-order valence-corrected chi connectivity index (χ0v) is 17.0. The van der Waals surface area contributed by atoms with E-state index in [1.54, 1.807) is 6.20 Å². The van der Waals surface area contributed by atoms with Crippen molar-refractivity contribution in [3.05, 3.63) is 36.5 Å². The molecule has 5 heterocycles. The molecule has 0 atom stereocenters. The van der Waals surface area contributed by atoms with Crippen LogP contribution >= 0.6 is 0 Å². The van der Waals surface area contributed by atoms with Gasteiger partial charge in [-0.1, -0.05) is 0 Å². The van der Waals surface area contributed by atoms with Crippen LogP contribution in [0.4, 0.5) is 0 Å². The standard InChI is InChI=1S/C22H23N7O/c1-13(2)29-12-15(10-27-29)14-7-17-20-19(28-22(17)26-9-14)11-25-18(8-23)21(20)30-16-3-5-24-6-4-16/h7,9-13,16,24H,3-6H2,1-2H3,(H,26,28). The molecule has 0 aromatic carbocycles. The van der Waals surface area contributed by atoms with E-state index in [0.717, 1.165) is 59.0 Å². The normalized spacial score (nSPS) is 15.1. The Morgan fingerprint density at radius 1 is 1.17 bits per heavy atom. The molecule has 8 nitrogen and oxygen atoms in total. The van der Waals surface area contributed by atoms with Gasteiger partial charge in [-0.2, -0.15) is 10.4 Å². The van der Waals surface area contributed by atoms with E-state index in [-0.39, 0.29) is 12.1 Å². The minimum atomic E-state index is 0.0658. The highest BCUT2D eigenvalue weighted by molar-refractivity contribution is 6.10. The monoisotopic (exact) mass is 401 g/mol. The van der Waals surface area contributed by atoms with Gasteiger partial charge in [0.05, 0.1) is 23.3 Å². The molecule has 0 radical (unpaired) electrons. The maximum absolute atomic E-state index is 9.66. The third-order valence-corrected chi connectivity index (χ3v) is 5.58. The number of hydrogen-bond donors (Lipinski definition) is 2. The quantitative estimate of drug-likeness (QED) is 0.542. The maximum Gasteiger partial charge on any atom is 0.183 e. The zero-order chi connectivity index (χ0) is 20.7. The lowest BCUT2D eigenvalue weighted by Crippen LogP contribution is -2.34. The van der Waals surface area contributed by atoms with E-state index in [2.05, 4.69) is 51.4 Å². The number of piperidine rings is 1. The van der Waals surface area contributed by atoms with E-state index in [1.165, 1.54) is 0 Å². The number of nitriles is 1. The van der Waals surface area contributed by atoms with E-state index >= 15 is 0 Å². The summed E-state index contributed by atoms with van der Waals surface area (Å²) in [6, 6.07) is 4.57. The van der Waals surface area contributed by atoms with E-state index in [1.807, 2.05) is 23.3 Å². The van der Waals surface area contributed by atoms with Crippen molar-refractivity contribution in [2.75, 3.05) is 13.1 Å². The van der Waals surface area contributed by atoms with Crippen molar-refractivity contribution < 1.29 is 4.74 Å². The molecule has 1 fully saturated rings. The Morgan fingerprint density at radius 2 is 2.00 bits per heavy atom. The number of fused-ring (bicyclic) bond motifs is 3. The fraction of sp³-hybridized carbons (Fsp3) is 0.364. The lowest BCUT2D eigenvalue weighted by Gasteiger charge is -2.24. The highest BCUT2D eigenvalue weighted by atomic mass is 16.5. The molecule has 5 rings (SSSR count). The van der Waals surface area contributed by atoms with Crippen molar-refractivity contribution in [1.29, 1.82) is 5.26 Å². The van der Waals surface area contributed by atoms with Crippen molar-refractivity contribution in [2.24, 2.45) is 0 Å². The van der Waals surface area contributed by atoms with Gasteiger partial charge in [-0.3, -0.25) is 4.68 Å². The van der Waals surface area contributed by atoms with Crippen LogP contribution < -0.4 is 10.1 Å². The summed E-state index contributed by atoms with van der Waals surface area (Å²) in [4.78, 5) is 12.3. The molecule has 1 saturated heterocycles. The van der Waals surface area contributed by atoms with Crippen LogP contribution in [0.2, 0.25) is 0 Å². The lowest BCUT2D eigenvalue weighted by atomic mass is 10.1. The smallest absolute Gasteiger partial charge is 0.183 e. The average Bonchev–Trinajstić information content (AvgIpc) is 3.39. The Hall–Kier alpha value is -3.44. The Kier molecular flexibility index (Phi) is 4.60. The van der Waals surface area contributed by atoms with Crippen LogP contribution in [0.1, 0.15) is 38.4 Å². The van der Waals surface area contributed by atoms with Crippen molar-refractivity contribution in [3.8, 4) is 22.9 Å². The zero-order valence-electron chi connectivity index (χ0n) is 17.0. The number of hydrogen-bond acceptors (Lipinski definition) is 6. The largest absolute Gasteiger partial charge is 0.487 e. The Labute approximate surface area is 173 Å². The fourth-order valence-corrected chi connectivity index (χ4v) is 3.94. The van der Waals surface area contributed by atoms with Crippen LogP contribution in [0, 0.1) is 11.3 Å². The summed E-state index contributed by atoms with van der Waals surface area (Å²) >= 11 is 0. The Bertz CT molecular complexity index is 1260. The number of aromatic nitrogens is 5. The lowest BCUT2D eigenvalue weighted by molar-refractivity contribution is 0.163. The number of H-pyrrole nitrogens is 1. The van der Waals surface area contributed by atoms with Crippen molar-refractivity contribution >= 4 is 21.9 Å². The molecule has 0 saturated carbocycles. The first-order valence-electron chi connectivity index (χ1n) is 10.3. The van der Waals surface area contributed by atoms with E-state index in [0.29, 0.717) is 11.4 Å². The van der Waals surface area contributed by atoms with E-state index in [9.17, 15) is 5.26 Å². The van der Waals surface area contributed by atoms with Gasteiger partial charge in [-0.15, -0.1) is 0 Å². The highest BCUT2D eigenvalue weighted by Crippen LogP contribution is 2.37. The molecule has 2 N–H and O–H groups in total. The van der Waals surface area contributed by atoms with Gasteiger partial charge in [0.15, 0.2) is 11.4 Å². The second kappa shape index (κ2) is 7.43. The molecule has 1 aliphatic rings. The first-order valence-corrected chi connectivity index (χ1v) is 10.3. The number of aromatic amines is 1. The third-order valence-electron chi connectivity index (χ3n) is 5.58. The maximum atomic E-state index is 9.66. The summed E-state index contributed by atoms with van der Waals surface area (Å²) in [6.07, 6.45) is 9.27. The van der Waals surface area contributed by atoms with Crippen molar-refractivity contribution in [1.82, 2.24) is 30.0 Å². The fourth-order valence-electron chi connectivity index (χ4n) is 3.94. The minimum absolute atomic E-state index is 0.0658. The average molecular weight is 401 g/mol. The van der Waals surface area contributed by atoms with Gasteiger partial charge in [0.1, 0.15) is 17.8 Å². The summed E-state index contributed by atoms with van der Waals surface area (Å²) in [6.45, 7) is 6.02. The molecule has 4 aromatic heterocycles. The second-order valence-corrected chi connectivity index (χ2v) is 7.95. The third kappa shape index (κ3) is 3.17. The molecule has 0 aliphatic carbocycles. The first kappa shape index (κ1) is 18.6. The predicted molar refractivity (Wildman–Crippen MR) is 114 cm³/mol. The molecule has 8 heteroatoms. The van der Waals surface area contributed by atoms with Crippen molar-refractivity contribution in [2.45, 2.75) is 38.8 Å². The topological polar surface area (TPSA) is 104 Å². The van der Waals surface area contributed by atoms with Gasteiger partial charge in [-0.25, -0.2) is 9.97 Å². The van der Waals surface area contributed by atoms with Crippen LogP contribution in [0.3, 0.4) is 0 Å². The molecule has 152 valence electrons. The molecule has 0 bridgehead atoms. The van der Waals surface area contributed by atoms with E-state index < -0.39 is 0 Å². The van der Waals surface area contributed by atoms with Crippen LogP contribution in [-0.2, 0) is 0 Å². The number of ether oxygens (including phenoxy) is 1. The van der Waals surface area contributed by atoms with Gasteiger partial charge in [0, 0.05) is 34.9 Å². The van der Waals surface area contributed by atoms with Crippen LogP contribution in [0.15, 0.2) is 30.9 Å². The Morgan fingerprint density at radius 3 is 2.73 bits per heavy atom. The number of nitrogens with one attached hydrogen (secondary N) is 2. The molecule has 0 unspecified atom stereocenters. The molecule has 1 aliphatic heterocycles. The van der Waals surface area contributed by atoms with Crippen LogP contribution in [0.5, 0.6) is 5.75 Å². The minimum Gasteiger partial charge on any atom is -0.487 e. The van der Waals surface area contributed by atoms with Gasteiger partial charge >= 0.3 is 0 Å². The molecule has 0 amide bonds. The van der Waals surface area contributed by atoms with Gasteiger partial charge in [0.2, 0.25) is 0 Å². The van der Waals surface area contributed by atoms with Gasteiger partial charge in [0.25, 0.3) is 0 Å². The highest BCUT2D eigenvalue weighted by Gasteiger charge is 2.22. The van der Waals surface area contributed by atoms with Crippen LogP contribution in [-0.4, -0.2) is 43.9 Å².